The Hall–Kier alpha value is -2.60. The molecule has 7 rings (SSSR count). The molecule has 4 atom stereocenters. The molecule has 0 radical (unpaired) electrons. The molecule has 0 aliphatic carbocycles. The molecule has 0 saturated carbocycles. The van der Waals surface area contributed by atoms with Crippen LogP contribution in [0.15, 0.2) is 17.5 Å². The van der Waals surface area contributed by atoms with Crippen molar-refractivity contribution in [2.75, 3.05) is 50.4 Å². The van der Waals surface area contributed by atoms with Crippen molar-refractivity contribution < 1.29 is 4.79 Å². The minimum atomic E-state index is -0.200. The first-order valence-electron chi connectivity index (χ1n) is 13.5. The molecular formula is C26H35N9OS. The molecular weight excluding hydrogens is 486 g/mol. The first-order chi connectivity index (χ1) is 18.0. The number of carbonyl (C=O) groups excluding carboxylic acids is 1. The van der Waals surface area contributed by atoms with Crippen LogP contribution in [0.5, 0.6) is 0 Å². The van der Waals surface area contributed by atoms with Gasteiger partial charge in [-0.15, -0.1) is 11.3 Å². The highest BCUT2D eigenvalue weighted by Gasteiger charge is 2.63. The van der Waals surface area contributed by atoms with Crippen molar-refractivity contribution in [3.05, 3.63) is 23.2 Å². The molecule has 1 unspecified atom stereocenters. The van der Waals surface area contributed by atoms with Crippen molar-refractivity contribution in [1.82, 2.24) is 34.9 Å². The summed E-state index contributed by atoms with van der Waals surface area (Å²) in [5, 5.41) is 17.4. The van der Waals surface area contributed by atoms with Gasteiger partial charge in [0.2, 0.25) is 5.95 Å². The molecule has 7 heterocycles. The number of likely N-dealkylation sites (N-methyl/N-ethyl adjacent to an activating group) is 1. The first kappa shape index (κ1) is 23.5. The zero-order valence-corrected chi connectivity index (χ0v) is 22.4. The van der Waals surface area contributed by atoms with Crippen LogP contribution in [0.25, 0.3) is 10.2 Å². The summed E-state index contributed by atoms with van der Waals surface area (Å²) < 4.78 is 0. The number of Topliss-reactive ketones (excluding diaryl/α,β-unsaturated/α-hetero) is 1. The van der Waals surface area contributed by atoms with Crippen molar-refractivity contribution in [2.45, 2.75) is 62.7 Å². The average Bonchev–Trinajstić information content (AvgIpc) is 3.57. The van der Waals surface area contributed by atoms with Crippen LogP contribution in [0.3, 0.4) is 0 Å². The molecule has 0 amide bonds. The number of carbonyl (C=O) groups is 1. The van der Waals surface area contributed by atoms with Gasteiger partial charge in [-0.05, 0) is 57.5 Å². The van der Waals surface area contributed by atoms with Gasteiger partial charge in [0, 0.05) is 56.1 Å². The highest BCUT2D eigenvalue weighted by Crippen LogP contribution is 2.54. The van der Waals surface area contributed by atoms with Crippen molar-refractivity contribution in [3.63, 3.8) is 0 Å². The van der Waals surface area contributed by atoms with Gasteiger partial charge in [0.1, 0.15) is 10.6 Å². The van der Waals surface area contributed by atoms with Gasteiger partial charge in [0.05, 0.1) is 17.5 Å². The minimum absolute atomic E-state index is 0.200. The Bertz CT molecular complexity index is 1310. The predicted molar refractivity (Wildman–Crippen MR) is 146 cm³/mol. The molecule has 10 nitrogen and oxygen atoms in total. The van der Waals surface area contributed by atoms with Gasteiger partial charge < -0.3 is 15.5 Å². The smallest absolute Gasteiger partial charge is 0.226 e. The van der Waals surface area contributed by atoms with E-state index < -0.39 is 0 Å². The van der Waals surface area contributed by atoms with E-state index in [9.17, 15) is 4.79 Å². The molecule has 37 heavy (non-hydrogen) atoms. The molecule has 0 aromatic carbocycles. The number of hydrogen-bond donors (Lipinski definition) is 3. The zero-order valence-electron chi connectivity index (χ0n) is 21.5. The van der Waals surface area contributed by atoms with Crippen molar-refractivity contribution in [1.29, 1.82) is 0 Å². The number of aromatic amines is 1. The van der Waals surface area contributed by atoms with Gasteiger partial charge >= 0.3 is 0 Å². The maximum atomic E-state index is 13.5. The Labute approximate surface area is 220 Å². The van der Waals surface area contributed by atoms with Gasteiger partial charge in [-0.2, -0.15) is 10.1 Å². The van der Waals surface area contributed by atoms with Gasteiger partial charge in [-0.3, -0.25) is 19.7 Å². The van der Waals surface area contributed by atoms with Crippen LogP contribution in [0.4, 0.5) is 17.6 Å². The lowest BCUT2D eigenvalue weighted by molar-refractivity contribution is -0.152. The summed E-state index contributed by atoms with van der Waals surface area (Å²) in [6, 6.07) is 5.28. The third kappa shape index (κ3) is 4.12. The first-order valence-corrected chi connectivity index (χ1v) is 14.4. The number of nitrogens with zero attached hydrogens (tertiary/aromatic N) is 6. The van der Waals surface area contributed by atoms with E-state index in [1.54, 1.807) is 11.3 Å². The highest BCUT2D eigenvalue weighted by molar-refractivity contribution is 7.16. The molecule has 4 fully saturated rings. The maximum absolute atomic E-state index is 13.5. The monoisotopic (exact) mass is 521 g/mol. The van der Waals surface area contributed by atoms with Crippen LogP contribution in [0.2, 0.25) is 0 Å². The van der Waals surface area contributed by atoms with Crippen molar-refractivity contribution >= 4 is 44.9 Å². The molecule has 3 aromatic rings. The number of thiophene rings is 1. The minimum Gasteiger partial charge on any atom is -0.351 e. The fourth-order valence-electron chi connectivity index (χ4n) is 7.11. The summed E-state index contributed by atoms with van der Waals surface area (Å²) in [7, 11) is 2.16. The van der Waals surface area contributed by atoms with Gasteiger partial charge in [-0.25, -0.2) is 4.98 Å². The number of rotatable bonds is 7. The Kier molecular flexibility index (Phi) is 5.72. The van der Waals surface area contributed by atoms with E-state index in [0.717, 1.165) is 85.8 Å². The van der Waals surface area contributed by atoms with E-state index in [1.807, 2.05) is 18.4 Å². The average molecular weight is 522 g/mol. The summed E-state index contributed by atoms with van der Waals surface area (Å²) in [6.07, 6.45) is 5.20. The quantitative estimate of drug-likeness (QED) is 0.433. The number of anilines is 3. The lowest BCUT2D eigenvalue weighted by atomic mass is 9.71. The van der Waals surface area contributed by atoms with Crippen LogP contribution >= 0.6 is 11.3 Å². The second kappa shape index (κ2) is 9.00. The van der Waals surface area contributed by atoms with E-state index in [1.165, 1.54) is 0 Å². The van der Waals surface area contributed by atoms with Crippen LogP contribution in [0, 0.1) is 6.92 Å². The third-order valence-corrected chi connectivity index (χ3v) is 9.76. The summed E-state index contributed by atoms with van der Waals surface area (Å²) in [4.78, 5) is 31.5. The fourth-order valence-corrected chi connectivity index (χ4v) is 7.87. The number of piperazine rings is 1. The number of fused-ring (bicyclic) bond motifs is 1. The van der Waals surface area contributed by atoms with Crippen molar-refractivity contribution in [2.24, 2.45) is 0 Å². The molecule has 3 aromatic heterocycles. The number of H-pyrrole nitrogens is 1. The number of aryl methyl sites for hydroxylation is 1. The number of ketones is 1. The SMILES string of the molecule is Cc1cc(Nc2nc(N[C@@H]3C[C@H]4CCC5(C(=O)CN6CCN(C)CC6)C[C@@H](C3)N45)nc3sccc23)n[nH]1. The number of piperidine rings is 1. The van der Waals surface area contributed by atoms with E-state index >= 15 is 0 Å². The molecule has 4 aliphatic rings. The summed E-state index contributed by atoms with van der Waals surface area (Å²) >= 11 is 1.62. The topological polar surface area (TPSA) is 105 Å². The van der Waals surface area contributed by atoms with Crippen LogP contribution in [-0.2, 0) is 4.79 Å². The fraction of sp³-hybridized carbons (Fsp3) is 0.615. The molecule has 4 aliphatic heterocycles. The number of nitrogens with one attached hydrogen (secondary N) is 3. The maximum Gasteiger partial charge on any atom is 0.226 e. The van der Waals surface area contributed by atoms with E-state index in [0.29, 0.717) is 36.4 Å². The van der Waals surface area contributed by atoms with Crippen LogP contribution in [0.1, 0.15) is 37.8 Å². The van der Waals surface area contributed by atoms with Gasteiger partial charge in [0.25, 0.3) is 0 Å². The second-order valence-corrected chi connectivity index (χ2v) is 12.3. The summed E-state index contributed by atoms with van der Waals surface area (Å²) in [5.74, 6) is 2.65. The van der Waals surface area contributed by atoms with E-state index in [2.05, 4.69) is 48.6 Å². The number of aromatic nitrogens is 4. The standard InChI is InChI=1S/C26H35N9OS/c1-16-11-22(32-31-16)28-23-20-4-10-37-24(20)30-25(29-23)27-17-12-18-3-5-26(14-19(13-17)35(18)26)21(36)15-34-8-6-33(2)7-9-34/h4,10-11,17-19H,3,5-9,12-15H2,1-2H3,(H3,27,28,29,30,31,32)/t17-,18-,19-,26?/m1/s1. The second-order valence-electron chi connectivity index (χ2n) is 11.4. The van der Waals surface area contributed by atoms with Crippen LogP contribution in [-0.4, -0.2) is 104 Å². The lowest BCUT2D eigenvalue weighted by Gasteiger charge is -2.59. The molecule has 196 valence electrons. The van der Waals surface area contributed by atoms with Gasteiger partial charge in [-0.1, -0.05) is 0 Å². The number of hydrogen-bond acceptors (Lipinski definition) is 10. The molecule has 11 heteroatoms. The van der Waals surface area contributed by atoms with Crippen molar-refractivity contribution in [3.8, 4) is 0 Å². The molecule has 0 bridgehead atoms. The molecule has 0 spiro atoms. The lowest BCUT2D eigenvalue weighted by Crippen LogP contribution is -2.72. The Balaban J connectivity index is 1.03. The molecule has 4 saturated heterocycles. The summed E-state index contributed by atoms with van der Waals surface area (Å²) in [5.41, 5.74) is 0.799. The highest BCUT2D eigenvalue weighted by atomic mass is 32.1. The Morgan fingerprint density at radius 3 is 2.86 bits per heavy atom. The largest absolute Gasteiger partial charge is 0.351 e. The van der Waals surface area contributed by atoms with E-state index in [4.69, 9.17) is 9.97 Å². The Morgan fingerprint density at radius 2 is 2.05 bits per heavy atom. The predicted octanol–water partition coefficient (Wildman–Crippen LogP) is 2.83. The zero-order chi connectivity index (χ0) is 25.1. The normalized spacial score (nSPS) is 30.3. The van der Waals surface area contributed by atoms with Gasteiger partial charge in [0.15, 0.2) is 11.6 Å². The van der Waals surface area contributed by atoms with E-state index in [-0.39, 0.29) is 5.54 Å². The molecule has 3 N–H and O–H groups in total. The van der Waals surface area contributed by atoms with Crippen LogP contribution < -0.4 is 10.6 Å². The Morgan fingerprint density at radius 1 is 1.22 bits per heavy atom. The summed E-state index contributed by atoms with van der Waals surface area (Å²) in [6.45, 7) is 6.72. The third-order valence-electron chi connectivity index (χ3n) is 8.95.